The van der Waals surface area contributed by atoms with Gasteiger partial charge in [0.25, 0.3) is 5.91 Å². The van der Waals surface area contributed by atoms with Gasteiger partial charge in [-0.3, -0.25) is 14.5 Å². The van der Waals surface area contributed by atoms with E-state index in [1.54, 1.807) is 29.2 Å². The fraction of sp³-hybridized carbons (Fsp3) is 0.310. The Morgan fingerprint density at radius 2 is 1.74 bits per heavy atom. The molecular weight excluding hydrogens is 495 g/mol. The lowest BCUT2D eigenvalue weighted by Crippen LogP contribution is -2.41. The van der Waals surface area contributed by atoms with Gasteiger partial charge in [0.15, 0.2) is 0 Å². The molecule has 1 atom stereocenters. The van der Waals surface area contributed by atoms with Crippen molar-refractivity contribution < 1.29 is 27.9 Å². The van der Waals surface area contributed by atoms with Gasteiger partial charge in [0.05, 0.1) is 18.2 Å². The van der Waals surface area contributed by atoms with Crippen LogP contribution in [0.5, 0.6) is 0 Å². The summed E-state index contributed by atoms with van der Waals surface area (Å²) in [5.41, 5.74) is 3.51. The molecule has 1 saturated heterocycles. The molecule has 2 aliphatic rings. The van der Waals surface area contributed by atoms with Gasteiger partial charge in [-0.15, -0.1) is 0 Å². The molecule has 1 fully saturated rings. The summed E-state index contributed by atoms with van der Waals surface area (Å²) in [5.74, 6) is -0.322. The third-order valence-electron chi connectivity index (χ3n) is 7.13. The maximum absolute atomic E-state index is 13.2. The number of nitrogens with zero attached hydrogens (tertiary/aromatic N) is 2. The van der Waals surface area contributed by atoms with Crippen LogP contribution in [0, 0.1) is 0 Å². The Labute approximate surface area is 218 Å². The van der Waals surface area contributed by atoms with E-state index in [0.29, 0.717) is 61.5 Å². The number of aliphatic hydroxyl groups excluding tert-OH is 1. The van der Waals surface area contributed by atoms with Crippen molar-refractivity contribution in [1.29, 1.82) is 0 Å². The topological polar surface area (TPSA) is 72.9 Å². The maximum atomic E-state index is 13.2. The summed E-state index contributed by atoms with van der Waals surface area (Å²) in [4.78, 5) is 29.5. The van der Waals surface area contributed by atoms with E-state index in [-0.39, 0.29) is 11.8 Å². The number of likely N-dealkylation sites (tertiary alicyclic amines) is 1. The smallest absolute Gasteiger partial charge is 0.391 e. The van der Waals surface area contributed by atoms with Gasteiger partial charge in [-0.2, -0.15) is 13.2 Å². The van der Waals surface area contributed by atoms with E-state index >= 15 is 0 Å². The van der Waals surface area contributed by atoms with Gasteiger partial charge in [-0.05, 0) is 65.4 Å². The Bertz CT molecular complexity index is 1340. The summed E-state index contributed by atoms with van der Waals surface area (Å²) >= 11 is 0. The van der Waals surface area contributed by atoms with Crippen LogP contribution in [0.1, 0.15) is 33.5 Å². The van der Waals surface area contributed by atoms with Crippen molar-refractivity contribution in [2.75, 3.05) is 31.5 Å². The van der Waals surface area contributed by atoms with Crippen LogP contribution in [0.25, 0.3) is 11.1 Å². The maximum Gasteiger partial charge on any atom is 0.416 e. The Balaban J connectivity index is 1.26. The van der Waals surface area contributed by atoms with Crippen LogP contribution in [0.15, 0.2) is 66.7 Å². The monoisotopic (exact) mass is 523 g/mol. The summed E-state index contributed by atoms with van der Waals surface area (Å²) in [7, 11) is 0. The zero-order valence-corrected chi connectivity index (χ0v) is 20.7. The number of alkyl halides is 3. The highest BCUT2D eigenvalue weighted by Gasteiger charge is 2.30. The van der Waals surface area contributed by atoms with Crippen molar-refractivity contribution in [2.24, 2.45) is 0 Å². The SMILES string of the molecule is O=C(Nc1ccc2c(c1)CCN(CC(=O)N1CCC(O)C1)C2)c1ccccc1-c1ccc(C(F)(F)F)cc1. The standard InChI is InChI=1S/C29H28F3N3O3/c30-29(31,32)22-8-5-19(6-9-22)25-3-1-2-4-26(25)28(38)33-23-10-7-21-16-34(13-11-20(21)15-23)18-27(37)35-14-12-24(36)17-35/h1-10,15,24,36H,11-14,16-18H2,(H,33,38). The second-order valence-corrected chi connectivity index (χ2v) is 9.80. The van der Waals surface area contributed by atoms with Crippen LogP contribution in [0.4, 0.5) is 18.9 Å². The first-order chi connectivity index (χ1) is 18.2. The van der Waals surface area contributed by atoms with Gasteiger partial charge in [0.2, 0.25) is 5.91 Å². The largest absolute Gasteiger partial charge is 0.416 e. The normalized spacial score (nSPS) is 17.8. The average Bonchev–Trinajstić information content (AvgIpc) is 3.35. The first-order valence-electron chi connectivity index (χ1n) is 12.6. The van der Waals surface area contributed by atoms with E-state index in [1.807, 2.05) is 18.2 Å². The molecule has 2 aliphatic heterocycles. The van der Waals surface area contributed by atoms with E-state index in [2.05, 4.69) is 10.2 Å². The third-order valence-corrected chi connectivity index (χ3v) is 7.13. The Morgan fingerprint density at radius 3 is 2.45 bits per heavy atom. The first kappa shape index (κ1) is 25.9. The summed E-state index contributed by atoms with van der Waals surface area (Å²) in [5, 5.41) is 12.6. The molecular formula is C29H28F3N3O3. The number of rotatable bonds is 5. The van der Waals surface area contributed by atoms with Crippen molar-refractivity contribution in [3.8, 4) is 11.1 Å². The predicted octanol–water partition coefficient (Wildman–Crippen LogP) is 4.58. The highest BCUT2D eigenvalue weighted by atomic mass is 19.4. The quantitative estimate of drug-likeness (QED) is 0.514. The number of halogens is 3. The van der Waals surface area contributed by atoms with Gasteiger partial charge in [0, 0.05) is 37.4 Å². The number of carbonyl (C=O) groups is 2. The highest BCUT2D eigenvalue weighted by Crippen LogP contribution is 2.32. The molecule has 0 aromatic heterocycles. The number of nitrogens with one attached hydrogen (secondary N) is 1. The molecule has 0 aliphatic carbocycles. The molecule has 2 N–H and O–H groups in total. The molecule has 0 bridgehead atoms. The molecule has 2 amide bonds. The molecule has 5 rings (SSSR count). The summed E-state index contributed by atoms with van der Waals surface area (Å²) in [6.07, 6.45) is -3.50. The van der Waals surface area contributed by atoms with E-state index in [9.17, 15) is 27.9 Å². The van der Waals surface area contributed by atoms with Crippen LogP contribution in [0.3, 0.4) is 0 Å². The van der Waals surface area contributed by atoms with Crippen molar-refractivity contribution in [1.82, 2.24) is 9.80 Å². The van der Waals surface area contributed by atoms with Crippen molar-refractivity contribution in [2.45, 2.75) is 31.7 Å². The molecule has 2 heterocycles. The molecule has 0 radical (unpaired) electrons. The van der Waals surface area contributed by atoms with Gasteiger partial charge in [-0.1, -0.05) is 36.4 Å². The fourth-order valence-corrected chi connectivity index (χ4v) is 5.05. The molecule has 1 unspecified atom stereocenters. The van der Waals surface area contributed by atoms with Crippen LogP contribution in [-0.4, -0.2) is 59.0 Å². The van der Waals surface area contributed by atoms with Crippen molar-refractivity contribution >= 4 is 17.5 Å². The lowest BCUT2D eigenvalue weighted by atomic mass is 9.97. The lowest BCUT2D eigenvalue weighted by Gasteiger charge is -2.30. The van der Waals surface area contributed by atoms with Crippen LogP contribution in [-0.2, 0) is 23.9 Å². The average molecular weight is 524 g/mol. The van der Waals surface area contributed by atoms with Gasteiger partial charge in [0.1, 0.15) is 0 Å². The van der Waals surface area contributed by atoms with Crippen molar-refractivity contribution in [3.63, 3.8) is 0 Å². The second-order valence-electron chi connectivity index (χ2n) is 9.80. The number of carbonyl (C=O) groups excluding carboxylic acids is 2. The molecule has 9 heteroatoms. The summed E-state index contributed by atoms with van der Waals surface area (Å²) in [6, 6.07) is 17.3. The molecule has 3 aromatic rings. The molecule has 3 aromatic carbocycles. The number of benzene rings is 3. The van der Waals surface area contributed by atoms with Crippen molar-refractivity contribution in [3.05, 3.63) is 89.0 Å². The minimum atomic E-state index is -4.42. The van der Waals surface area contributed by atoms with Crippen LogP contribution in [0.2, 0.25) is 0 Å². The molecule has 0 spiro atoms. The number of β-amino-alcohol motifs (C(OH)–C–C–N with tert-alkyl or cyclic N) is 1. The first-order valence-corrected chi connectivity index (χ1v) is 12.6. The van der Waals surface area contributed by atoms with Crippen LogP contribution < -0.4 is 5.32 Å². The molecule has 198 valence electrons. The molecule has 6 nitrogen and oxygen atoms in total. The Morgan fingerprint density at radius 1 is 0.974 bits per heavy atom. The zero-order valence-electron chi connectivity index (χ0n) is 20.7. The second kappa shape index (κ2) is 10.6. The molecule has 38 heavy (non-hydrogen) atoms. The number of hydrogen-bond acceptors (Lipinski definition) is 4. The Hall–Kier alpha value is -3.69. The van der Waals surface area contributed by atoms with E-state index < -0.39 is 17.8 Å². The summed E-state index contributed by atoms with van der Waals surface area (Å²) < 4.78 is 38.9. The number of hydrogen-bond donors (Lipinski definition) is 2. The van der Waals surface area contributed by atoms with E-state index in [0.717, 1.165) is 29.7 Å². The number of anilines is 1. The minimum absolute atomic E-state index is 0.0283. The number of amides is 2. The minimum Gasteiger partial charge on any atom is -0.391 e. The van der Waals surface area contributed by atoms with Gasteiger partial charge in [-0.25, -0.2) is 0 Å². The van der Waals surface area contributed by atoms with Gasteiger partial charge >= 0.3 is 6.18 Å². The number of aliphatic hydroxyl groups is 1. The van der Waals surface area contributed by atoms with E-state index in [1.165, 1.54) is 12.1 Å². The zero-order chi connectivity index (χ0) is 26.9. The highest BCUT2D eigenvalue weighted by molar-refractivity contribution is 6.08. The Kier molecular flexibility index (Phi) is 7.23. The lowest BCUT2D eigenvalue weighted by molar-refractivity contribution is -0.137. The van der Waals surface area contributed by atoms with Gasteiger partial charge < -0.3 is 15.3 Å². The summed E-state index contributed by atoms with van der Waals surface area (Å²) in [6.45, 7) is 2.64. The van der Waals surface area contributed by atoms with Crippen LogP contribution >= 0.6 is 0 Å². The number of fused-ring (bicyclic) bond motifs is 1. The van der Waals surface area contributed by atoms with E-state index in [4.69, 9.17) is 0 Å². The fourth-order valence-electron chi connectivity index (χ4n) is 5.05. The molecule has 0 saturated carbocycles. The third kappa shape index (κ3) is 5.74. The predicted molar refractivity (Wildman–Crippen MR) is 137 cm³/mol.